The van der Waals surface area contributed by atoms with Gasteiger partial charge in [0.05, 0.1) is 26.5 Å². The highest BCUT2D eigenvalue weighted by Gasteiger charge is 2.06. The molecule has 0 aromatic heterocycles. The van der Waals surface area contributed by atoms with E-state index in [9.17, 15) is 0 Å². The van der Waals surface area contributed by atoms with Gasteiger partial charge in [-0.3, -0.25) is 4.99 Å². The van der Waals surface area contributed by atoms with Crippen molar-refractivity contribution in [2.45, 2.75) is 20.3 Å². The number of hydrogen-bond acceptors (Lipinski definition) is 4. The smallest absolute Gasteiger partial charge is 0.193 e. The van der Waals surface area contributed by atoms with Crippen LogP contribution in [0.15, 0.2) is 47.5 Å². The van der Waals surface area contributed by atoms with Crippen LogP contribution >= 0.6 is 0 Å². The first kappa shape index (κ1) is 20.4. The van der Waals surface area contributed by atoms with Gasteiger partial charge in [0.1, 0.15) is 17.2 Å². The van der Waals surface area contributed by atoms with Crippen LogP contribution < -0.4 is 25.3 Å². The Kier molecular flexibility index (Phi) is 7.79. The highest BCUT2D eigenvalue weighted by atomic mass is 16.5. The molecule has 0 bridgehead atoms. The minimum absolute atomic E-state index is 0.332. The third-order valence-corrected chi connectivity index (χ3v) is 3.86. The van der Waals surface area contributed by atoms with E-state index in [4.69, 9.17) is 19.9 Å². The molecule has 6 nitrogen and oxygen atoms in total. The van der Waals surface area contributed by atoms with Gasteiger partial charge in [0.2, 0.25) is 0 Å². The second-order valence-corrected chi connectivity index (χ2v) is 6.56. The van der Waals surface area contributed by atoms with Crippen LogP contribution in [0.1, 0.15) is 19.4 Å². The van der Waals surface area contributed by atoms with E-state index in [1.54, 1.807) is 14.2 Å². The van der Waals surface area contributed by atoms with Gasteiger partial charge in [0.25, 0.3) is 0 Å². The molecule has 0 aliphatic heterocycles. The van der Waals surface area contributed by atoms with Gasteiger partial charge in [-0.15, -0.1) is 0 Å². The maximum Gasteiger partial charge on any atom is 0.193 e. The van der Waals surface area contributed by atoms with E-state index in [0.717, 1.165) is 18.8 Å². The summed E-state index contributed by atoms with van der Waals surface area (Å²) in [6.45, 7) is 5.56. The molecule has 3 N–H and O–H groups in total. The molecule has 0 aliphatic rings. The average molecular weight is 371 g/mol. The molecule has 0 saturated carbocycles. The second kappa shape index (κ2) is 10.3. The van der Waals surface area contributed by atoms with Gasteiger partial charge in [0.15, 0.2) is 5.96 Å². The topological polar surface area (TPSA) is 78.1 Å². The summed E-state index contributed by atoms with van der Waals surface area (Å²) in [6.07, 6.45) is 0.794. The number of nitrogens with zero attached hydrogens (tertiary/aromatic N) is 1. The lowest BCUT2D eigenvalue weighted by Gasteiger charge is -2.12. The standard InChI is InChI=1S/C21H29N3O3/c1-15(2)14-27-17-7-5-16(6-8-17)11-12-23-21(22)24-19-13-18(25-3)9-10-20(19)26-4/h5-10,13,15H,11-12,14H2,1-4H3,(H3,22,23,24). The SMILES string of the molecule is COc1ccc(OC)c(NC(N)=NCCc2ccc(OCC(C)C)cc2)c1. The number of benzene rings is 2. The summed E-state index contributed by atoms with van der Waals surface area (Å²) in [5.74, 6) is 3.12. The minimum atomic E-state index is 0.332. The van der Waals surface area contributed by atoms with E-state index in [-0.39, 0.29) is 0 Å². The van der Waals surface area contributed by atoms with Crippen molar-refractivity contribution in [2.75, 3.05) is 32.7 Å². The first-order valence-corrected chi connectivity index (χ1v) is 9.02. The molecule has 0 aliphatic carbocycles. The van der Waals surface area contributed by atoms with E-state index in [1.807, 2.05) is 30.3 Å². The predicted molar refractivity (Wildman–Crippen MR) is 110 cm³/mol. The maximum absolute atomic E-state index is 6.00. The average Bonchev–Trinajstić information content (AvgIpc) is 2.67. The molecular weight excluding hydrogens is 342 g/mol. The van der Waals surface area contributed by atoms with Crippen molar-refractivity contribution in [1.29, 1.82) is 0 Å². The van der Waals surface area contributed by atoms with Crippen LogP contribution in [0.25, 0.3) is 0 Å². The summed E-state index contributed by atoms with van der Waals surface area (Å²) in [5, 5.41) is 3.06. The van der Waals surface area contributed by atoms with Crippen LogP contribution in [0.5, 0.6) is 17.2 Å². The molecule has 0 radical (unpaired) electrons. The van der Waals surface area contributed by atoms with Gasteiger partial charge in [0, 0.05) is 12.6 Å². The second-order valence-electron chi connectivity index (χ2n) is 6.56. The maximum atomic E-state index is 6.00. The number of nitrogens with two attached hydrogens (primary N) is 1. The Morgan fingerprint density at radius 3 is 2.37 bits per heavy atom. The predicted octanol–water partition coefficient (Wildman–Crippen LogP) is 3.71. The molecule has 6 heteroatoms. The number of ether oxygens (including phenoxy) is 3. The third kappa shape index (κ3) is 6.73. The van der Waals surface area contributed by atoms with Gasteiger partial charge < -0.3 is 25.3 Å². The van der Waals surface area contributed by atoms with Crippen molar-refractivity contribution >= 4 is 11.6 Å². The highest BCUT2D eigenvalue weighted by molar-refractivity contribution is 5.94. The minimum Gasteiger partial charge on any atom is -0.497 e. The van der Waals surface area contributed by atoms with Crippen LogP contribution in [0.2, 0.25) is 0 Å². The third-order valence-electron chi connectivity index (χ3n) is 3.86. The van der Waals surface area contributed by atoms with Crippen LogP contribution in [0.3, 0.4) is 0 Å². The van der Waals surface area contributed by atoms with Crippen molar-refractivity contribution in [3.8, 4) is 17.2 Å². The zero-order valence-electron chi connectivity index (χ0n) is 16.5. The molecule has 27 heavy (non-hydrogen) atoms. The van der Waals surface area contributed by atoms with E-state index >= 15 is 0 Å². The van der Waals surface area contributed by atoms with Crippen LogP contribution in [0.4, 0.5) is 5.69 Å². The molecule has 0 atom stereocenters. The van der Waals surface area contributed by atoms with Crippen molar-refractivity contribution in [3.05, 3.63) is 48.0 Å². The number of guanidine groups is 1. The number of hydrogen-bond donors (Lipinski definition) is 2. The summed E-state index contributed by atoms with van der Waals surface area (Å²) < 4.78 is 16.2. The highest BCUT2D eigenvalue weighted by Crippen LogP contribution is 2.28. The Morgan fingerprint density at radius 2 is 1.74 bits per heavy atom. The largest absolute Gasteiger partial charge is 0.497 e. The molecular formula is C21H29N3O3. The van der Waals surface area contributed by atoms with Crippen molar-refractivity contribution in [1.82, 2.24) is 0 Å². The van der Waals surface area contributed by atoms with Gasteiger partial charge in [-0.25, -0.2) is 0 Å². The summed E-state index contributed by atoms with van der Waals surface area (Å²) in [5.41, 5.74) is 7.89. The number of rotatable bonds is 9. The Bertz CT molecular complexity index is 743. The van der Waals surface area contributed by atoms with E-state index in [1.165, 1.54) is 5.56 Å². The molecule has 2 aromatic rings. The lowest BCUT2D eigenvalue weighted by atomic mass is 10.1. The Labute approximate surface area is 161 Å². The fourth-order valence-corrected chi connectivity index (χ4v) is 2.41. The fourth-order valence-electron chi connectivity index (χ4n) is 2.41. The Hall–Kier alpha value is -2.89. The monoisotopic (exact) mass is 371 g/mol. The van der Waals surface area contributed by atoms with Crippen LogP contribution in [-0.2, 0) is 6.42 Å². The quantitative estimate of drug-likeness (QED) is 0.519. The molecule has 0 spiro atoms. The number of methoxy groups -OCH3 is 2. The molecule has 0 amide bonds. The van der Waals surface area contributed by atoms with Gasteiger partial charge >= 0.3 is 0 Å². The lowest BCUT2D eigenvalue weighted by Crippen LogP contribution is -2.23. The zero-order chi connectivity index (χ0) is 19.6. The van der Waals surface area contributed by atoms with Crippen molar-refractivity contribution in [2.24, 2.45) is 16.6 Å². The van der Waals surface area contributed by atoms with Gasteiger partial charge in [-0.05, 0) is 42.2 Å². The van der Waals surface area contributed by atoms with Gasteiger partial charge in [-0.2, -0.15) is 0 Å². The van der Waals surface area contributed by atoms with Crippen LogP contribution in [0, 0.1) is 5.92 Å². The van der Waals surface area contributed by atoms with Crippen molar-refractivity contribution < 1.29 is 14.2 Å². The molecule has 0 fully saturated rings. The fraction of sp³-hybridized carbons (Fsp3) is 0.381. The summed E-state index contributed by atoms with van der Waals surface area (Å²) in [4.78, 5) is 4.38. The molecule has 2 aromatic carbocycles. The number of anilines is 1. The first-order valence-electron chi connectivity index (χ1n) is 9.02. The van der Waals surface area contributed by atoms with E-state index < -0.39 is 0 Å². The molecule has 0 unspecified atom stereocenters. The van der Waals surface area contributed by atoms with E-state index in [0.29, 0.717) is 35.6 Å². The van der Waals surface area contributed by atoms with Crippen LogP contribution in [-0.4, -0.2) is 33.3 Å². The van der Waals surface area contributed by atoms with Gasteiger partial charge in [-0.1, -0.05) is 26.0 Å². The summed E-state index contributed by atoms with van der Waals surface area (Å²) in [6, 6.07) is 13.6. The van der Waals surface area contributed by atoms with E-state index in [2.05, 4.69) is 36.3 Å². The number of aliphatic imine (C=N–C) groups is 1. The normalized spacial score (nSPS) is 11.4. The lowest BCUT2D eigenvalue weighted by molar-refractivity contribution is 0.271. The number of nitrogens with one attached hydrogen (secondary N) is 1. The van der Waals surface area contributed by atoms with Crippen molar-refractivity contribution in [3.63, 3.8) is 0 Å². The zero-order valence-corrected chi connectivity index (χ0v) is 16.5. The Morgan fingerprint density at radius 1 is 1.04 bits per heavy atom. The Balaban J connectivity index is 1.89. The first-order chi connectivity index (χ1) is 13.0. The molecule has 2 rings (SSSR count). The molecule has 0 saturated heterocycles. The summed E-state index contributed by atoms with van der Waals surface area (Å²) in [7, 11) is 3.22. The molecule has 146 valence electrons. The molecule has 0 heterocycles. The summed E-state index contributed by atoms with van der Waals surface area (Å²) >= 11 is 0.